The molecule has 1 unspecified atom stereocenters. The normalized spacial score (nSPS) is 19.0. The summed E-state index contributed by atoms with van der Waals surface area (Å²) in [6.07, 6.45) is 3.21. The van der Waals surface area contributed by atoms with Crippen molar-refractivity contribution in [2.24, 2.45) is 0 Å². The number of sulfone groups is 1. The van der Waals surface area contributed by atoms with Crippen LogP contribution in [-0.4, -0.2) is 51.5 Å². The summed E-state index contributed by atoms with van der Waals surface area (Å²) in [4.78, 5) is 7.08. The third-order valence-electron chi connectivity index (χ3n) is 4.82. The van der Waals surface area contributed by atoms with E-state index in [0.29, 0.717) is 22.5 Å². The molecular formula is C18H19N3O5S2. The van der Waals surface area contributed by atoms with Crippen molar-refractivity contribution in [1.29, 1.82) is 0 Å². The Morgan fingerprint density at radius 1 is 1.21 bits per heavy atom. The number of methoxy groups -OCH3 is 1. The molecule has 1 fully saturated rings. The number of nitrogens with one attached hydrogen (secondary N) is 1. The van der Waals surface area contributed by atoms with E-state index in [-0.39, 0.29) is 22.8 Å². The second kappa shape index (κ2) is 6.78. The molecule has 3 heterocycles. The van der Waals surface area contributed by atoms with Crippen LogP contribution in [0.15, 0.2) is 53.7 Å². The van der Waals surface area contributed by atoms with E-state index in [1.54, 1.807) is 42.6 Å². The summed E-state index contributed by atoms with van der Waals surface area (Å²) >= 11 is 0. The summed E-state index contributed by atoms with van der Waals surface area (Å²) in [5.41, 5.74) is 0.843. The quantitative estimate of drug-likeness (QED) is 0.674. The second-order valence-electron chi connectivity index (χ2n) is 6.61. The van der Waals surface area contributed by atoms with Crippen LogP contribution in [-0.2, 0) is 19.9 Å². The van der Waals surface area contributed by atoms with E-state index in [4.69, 9.17) is 4.74 Å². The van der Waals surface area contributed by atoms with Crippen LogP contribution in [0.25, 0.3) is 11.0 Å². The number of benzene rings is 1. The van der Waals surface area contributed by atoms with Crippen molar-refractivity contribution in [3.8, 4) is 5.75 Å². The van der Waals surface area contributed by atoms with E-state index >= 15 is 0 Å². The number of H-pyrrole nitrogens is 1. The molecule has 2 aromatic heterocycles. The number of pyridine rings is 1. The Hall–Kier alpha value is -2.59. The molecule has 1 atom stereocenters. The maximum absolute atomic E-state index is 13.6. The second-order valence-corrected chi connectivity index (χ2v) is 10.6. The van der Waals surface area contributed by atoms with Gasteiger partial charge in [0.25, 0.3) is 10.0 Å². The van der Waals surface area contributed by atoms with Gasteiger partial charge >= 0.3 is 0 Å². The van der Waals surface area contributed by atoms with Gasteiger partial charge in [0.05, 0.1) is 30.3 Å². The fourth-order valence-corrected chi connectivity index (χ4v) is 7.11. The molecule has 0 saturated carbocycles. The Bertz CT molecular complexity index is 1220. The smallest absolute Gasteiger partial charge is 0.266 e. The first-order chi connectivity index (χ1) is 13.3. The number of sulfonamides is 1. The minimum atomic E-state index is -4.03. The van der Waals surface area contributed by atoms with E-state index in [2.05, 4.69) is 9.97 Å². The molecule has 1 aromatic carbocycles. The number of fused-ring (bicyclic) bond motifs is 1. The highest BCUT2D eigenvalue weighted by Crippen LogP contribution is 2.34. The lowest BCUT2D eigenvalue weighted by Crippen LogP contribution is -2.41. The largest absolute Gasteiger partial charge is 0.497 e. The summed E-state index contributed by atoms with van der Waals surface area (Å²) in [5.74, 6) is 0.338. The Morgan fingerprint density at radius 2 is 1.96 bits per heavy atom. The minimum Gasteiger partial charge on any atom is -0.497 e. The third kappa shape index (κ3) is 3.22. The number of aromatic amines is 1. The lowest BCUT2D eigenvalue weighted by atomic mass is 10.2. The first-order valence-electron chi connectivity index (χ1n) is 8.63. The molecule has 0 aliphatic carbocycles. The molecule has 8 nitrogen and oxygen atoms in total. The van der Waals surface area contributed by atoms with Crippen molar-refractivity contribution < 1.29 is 21.6 Å². The van der Waals surface area contributed by atoms with Gasteiger partial charge in [0.2, 0.25) is 0 Å². The van der Waals surface area contributed by atoms with E-state index in [0.717, 1.165) is 0 Å². The molecule has 10 heteroatoms. The number of anilines is 1. The summed E-state index contributed by atoms with van der Waals surface area (Å²) in [6.45, 7) is 0. The molecule has 0 amide bonds. The predicted molar refractivity (Wildman–Crippen MR) is 106 cm³/mol. The Balaban J connectivity index is 1.86. The van der Waals surface area contributed by atoms with Crippen molar-refractivity contribution in [3.63, 3.8) is 0 Å². The number of hydrogen-bond acceptors (Lipinski definition) is 6. The van der Waals surface area contributed by atoms with Gasteiger partial charge in [-0.2, -0.15) is 0 Å². The highest BCUT2D eigenvalue weighted by atomic mass is 32.2. The van der Waals surface area contributed by atoms with Crippen molar-refractivity contribution >= 4 is 36.6 Å². The number of ether oxygens (including phenoxy) is 1. The third-order valence-corrected chi connectivity index (χ3v) is 8.49. The zero-order valence-corrected chi connectivity index (χ0v) is 16.7. The van der Waals surface area contributed by atoms with E-state index in [1.165, 1.54) is 17.6 Å². The first-order valence-corrected chi connectivity index (χ1v) is 11.9. The molecule has 148 valence electrons. The summed E-state index contributed by atoms with van der Waals surface area (Å²) in [7, 11) is -5.80. The fourth-order valence-electron chi connectivity index (χ4n) is 3.49. The van der Waals surface area contributed by atoms with Gasteiger partial charge in [0.1, 0.15) is 16.3 Å². The van der Waals surface area contributed by atoms with Crippen LogP contribution >= 0.6 is 0 Å². The van der Waals surface area contributed by atoms with Crippen molar-refractivity contribution in [2.45, 2.75) is 17.4 Å². The van der Waals surface area contributed by atoms with Crippen LogP contribution in [0.3, 0.4) is 0 Å². The van der Waals surface area contributed by atoms with Crippen LogP contribution in [0.5, 0.6) is 5.75 Å². The van der Waals surface area contributed by atoms with Gasteiger partial charge in [-0.1, -0.05) is 0 Å². The molecule has 1 saturated heterocycles. The lowest BCUT2D eigenvalue weighted by molar-refractivity contribution is 0.415. The highest BCUT2D eigenvalue weighted by Gasteiger charge is 2.40. The van der Waals surface area contributed by atoms with Crippen LogP contribution in [0.1, 0.15) is 6.42 Å². The molecule has 1 N–H and O–H groups in total. The van der Waals surface area contributed by atoms with Gasteiger partial charge in [-0.3, -0.25) is 4.31 Å². The fraction of sp³-hybridized carbons (Fsp3) is 0.278. The Labute approximate surface area is 163 Å². The zero-order chi connectivity index (χ0) is 19.9. The number of hydrogen-bond donors (Lipinski definition) is 1. The standard InChI is InChI=1S/C18H19N3O5S2/c1-26-15-6-4-13(5-7-15)21(14-8-10-27(22,23)12-14)28(24,25)17-11-20-18-16(17)3-2-9-19-18/h2-7,9,11,14H,8,10,12H2,1H3,(H,19,20). The topological polar surface area (TPSA) is 109 Å². The predicted octanol–water partition coefficient (Wildman–Crippen LogP) is 1.95. The van der Waals surface area contributed by atoms with E-state index in [1.807, 2.05) is 0 Å². The molecule has 0 radical (unpaired) electrons. The zero-order valence-electron chi connectivity index (χ0n) is 15.1. The molecule has 1 aliphatic heterocycles. The Kier molecular flexibility index (Phi) is 4.54. The van der Waals surface area contributed by atoms with Gasteiger partial charge in [-0.25, -0.2) is 21.8 Å². The van der Waals surface area contributed by atoms with Crippen LogP contribution < -0.4 is 9.04 Å². The van der Waals surface area contributed by atoms with E-state index < -0.39 is 25.9 Å². The average Bonchev–Trinajstić information content (AvgIpc) is 3.26. The SMILES string of the molecule is COc1ccc(N(C2CCS(=O)(=O)C2)S(=O)(=O)c2c[nH]c3ncccc23)cc1. The van der Waals surface area contributed by atoms with Crippen LogP contribution in [0, 0.1) is 0 Å². The number of rotatable bonds is 5. The number of nitrogens with zero attached hydrogens (tertiary/aromatic N) is 2. The Morgan fingerprint density at radius 3 is 2.61 bits per heavy atom. The maximum Gasteiger partial charge on any atom is 0.266 e. The van der Waals surface area contributed by atoms with Crippen molar-refractivity contribution in [3.05, 3.63) is 48.8 Å². The molecule has 28 heavy (non-hydrogen) atoms. The minimum absolute atomic E-state index is 0.0325. The maximum atomic E-state index is 13.6. The van der Waals surface area contributed by atoms with Crippen molar-refractivity contribution in [1.82, 2.24) is 9.97 Å². The van der Waals surface area contributed by atoms with Crippen LogP contribution in [0.2, 0.25) is 0 Å². The van der Waals surface area contributed by atoms with Gasteiger partial charge in [-0.15, -0.1) is 0 Å². The average molecular weight is 422 g/mol. The summed E-state index contributed by atoms with van der Waals surface area (Å²) < 4.78 is 57.7. The molecule has 3 aromatic rings. The van der Waals surface area contributed by atoms with Gasteiger partial charge in [0, 0.05) is 17.8 Å². The van der Waals surface area contributed by atoms with Gasteiger partial charge in [0.15, 0.2) is 9.84 Å². The van der Waals surface area contributed by atoms with Gasteiger partial charge < -0.3 is 9.72 Å². The van der Waals surface area contributed by atoms with Crippen LogP contribution in [0.4, 0.5) is 5.69 Å². The first kappa shape index (κ1) is 18.8. The number of aromatic nitrogens is 2. The lowest BCUT2D eigenvalue weighted by Gasteiger charge is -2.29. The monoisotopic (exact) mass is 421 g/mol. The molecule has 4 rings (SSSR count). The summed E-state index contributed by atoms with van der Waals surface area (Å²) in [5, 5.41) is 0.460. The molecule has 0 bridgehead atoms. The van der Waals surface area contributed by atoms with E-state index in [9.17, 15) is 16.8 Å². The van der Waals surface area contributed by atoms with Gasteiger partial charge in [-0.05, 0) is 42.8 Å². The molecule has 0 spiro atoms. The highest BCUT2D eigenvalue weighted by molar-refractivity contribution is 7.93. The van der Waals surface area contributed by atoms with Crippen molar-refractivity contribution in [2.75, 3.05) is 22.9 Å². The molecular weight excluding hydrogens is 402 g/mol. The molecule has 1 aliphatic rings. The summed E-state index contributed by atoms with van der Waals surface area (Å²) in [6, 6.07) is 9.19.